The summed E-state index contributed by atoms with van der Waals surface area (Å²) in [6.07, 6.45) is 0. The molecule has 0 fully saturated rings. The molecule has 3 rings (SSSR count). The zero-order chi connectivity index (χ0) is 16.9. The van der Waals surface area contributed by atoms with Crippen molar-refractivity contribution in [2.75, 3.05) is 0 Å². The van der Waals surface area contributed by atoms with Crippen LogP contribution < -0.4 is 4.74 Å². The third-order valence-corrected chi connectivity index (χ3v) is 4.80. The first-order chi connectivity index (χ1) is 11.6. The largest absolute Gasteiger partial charge is 0.484 e. The van der Waals surface area contributed by atoms with Crippen molar-refractivity contribution in [1.82, 2.24) is 10.2 Å². The van der Waals surface area contributed by atoms with E-state index < -0.39 is 0 Å². The van der Waals surface area contributed by atoms with E-state index in [1.165, 1.54) is 29.5 Å². The highest BCUT2D eigenvalue weighted by molar-refractivity contribution is 9.10. The second-order valence-electron chi connectivity index (χ2n) is 5.09. The topological polar surface area (TPSA) is 48.2 Å². The van der Waals surface area contributed by atoms with E-state index in [4.69, 9.17) is 9.15 Å². The van der Waals surface area contributed by atoms with Crippen molar-refractivity contribution < 1.29 is 13.5 Å². The van der Waals surface area contributed by atoms with Crippen LogP contribution in [0, 0.1) is 12.7 Å². The molecular weight excluding hydrogens is 395 g/mol. The number of halogens is 2. The van der Waals surface area contributed by atoms with Crippen LogP contribution in [0.2, 0.25) is 0 Å². The number of thioether (sulfide) groups is 1. The summed E-state index contributed by atoms with van der Waals surface area (Å²) in [5, 5.41) is 8.40. The molecule has 0 aliphatic rings. The van der Waals surface area contributed by atoms with E-state index in [2.05, 4.69) is 26.1 Å². The quantitative estimate of drug-likeness (QED) is 0.527. The smallest absolute Gasteiger partial charge is 0.277 e. The Kier molecular flexibility index (Phi) is 5.52. The lowest BCUT2D eigenvalue weighted by Gasteiger charge is -2.03. The Morgan fingerprint density at radius 2 is 1.96 bits per heavy atom. The van der Waals surface area contributed by atoms with E-state index in [0.717, 1.165) is 15.8 Å². The highest BCUT2D eigenvalue weighted by Gasteiger charge is 2.09. The van der Waals surface area contributed by atoms with Crippen molar-refractivity contribution in [3.05, 3.63) is 69.8 Å². The lowest BCUT2D eigenvalue weighted by atomic mass is 10.2. The number of hydrogen-bond donors (Lipinski definition) is 0. The van der Waals surface area contributed by atoms with Crippen molar-refractivity contribution in [3.8, 4) is 5.75 Å². The zero-order valence-corrected chi connectivity index (χ0v) is 15.2. The van der Waals surface area contributed by atoms with Gasteiger partial charge in [-0.1, -0.05) is 51.5 Å². The number of ether oxygens (including phenoxy) is 1. The fourth-order valence-corrected chi connectivity index (χ4v) is 3.37. The summed E-state index contributed by atoms with van der Waals surface area (Å²) in [7, 11) is 0. The molecule has 0 amide bonds. The van der Waals surface area contributed by atoms with Crippen LogP contribution in [0.3, 0.4) is 0 Å². The van der Waals surface area contributed by atoms with Crippen LogP contribution in [0.5, 0.6) is 5.75 Å². The molecule has 1 heterocycles. The lowest BCUT2D eigenvalue weighted by molar-refractivity contribution is 0.252. The Labute approximate surface area is 151 Å². The van der Waals surface area contributed by atoms with E-state index in [-0.39, 0.29) is 12.4 Å². The van der Waals surface area contributed by atoms with Crippen LogP contribution in [0.15, 0.2) is 56.6 Å². The van der Waals surface area contributed by atoms with Crippen LogP contribution in [-0.4, -0.2) is 10.2 Å². The first-order valence-corrected chi connectivity index (χ1v) is 8.96. The fourth-order valence-electron chi connectivity index (χ4n) is 1.91. The van der Waals surface area contributed by atoms with Gasteiger partial charge in [0, 0.05) is 10.2 Å². The molecule has 0 aliphatic heterocycles. The summed E-state index contributed by atoms with van der Waals surface area (Å²) >= 11 is 4.73. The molecule has 3 aromatic rings. The molecule has 0 spiro atoms. The molecule has 7 heteroatoms. The molecule has 0 N–H and O–H groups in total. The first kappa shape index (κ1) is 17.0. The SMILES string of the molecule is Cc1ccc(OCc2nnc(SCc3ccc(F)cc3Br)o2)cc1. The third-order valence-electron chi connectivity index (χ3n) is 3.20. The standard InChI is InChI=1S/C17H14BrFN2O2S/c1-11-2-6-14(7-3-11)22-9-16-20-21-17(23-16)24-10-12-4-5-13(19)8-15(12)18/h2-8H,9-10H2,1H3. The maximum absolute atomic E-state index is 13.1. The van der Waals surface area contributed by atoms with E-state index in [1.54, 1.807) is 6.07 Å². The van der Waals surface area contributed by atoms with Crippen molar-refractivity contribution in [3.63, 3.8) is 0 Å². The monoisotopic (exact) mass is 408 g/mol. The van der Waals surface area contributed by atoms with Gasteiger partial charge in [-0.15, -0.1) is 10.2 Å². The molecule has 124 valence electrons. The van der Waals surface area contributed by atoms with Gasteiger partial charge in [0.05, 0.1) is 0 Å². The van der Waals surface area contributed by atoms with Gasteiger partial charge in [-0.3, -0.25) is 0 Å². The van der Waals surface area contributed by atoms with Gasteiger partial charge >= 0.3 is 0 Å². The van der Waals surface area contributed by atoms with Crippen molar-refractivity contribution in [2.45, 2.75) is 24.5 Å². The molecule has 0 saturated heterocycles. The Hall–Kier alpha value is -1.86. The van der Waals surface area contributed by atoms with E-state index in [9.17, 15) is 4.39 Å². The normalized spacial score (nSPS) is 10.8. The Balaban J connectivity index is 1.54. The minimum absolute atomic E-state index is 0.219. The molecule has 0 aliphatic carbocycles. The summed E-state index contributed by atoms with van der Waals surface area (Å²) in [5.41, 5.74) is 2.13. The van der Waals surface area contributed by atoms with E-state index in [1.807, 2.05) is 31.2 Å². The highest BCUT2D eigenvalue weighted by atomic mass is 79.9. The Morgan fingerprint density at radius 1 is 1.17 bits per heavy atom. The number of nitrogens with zero attached hydrogens (tertiary/aromatic N) is 2. The van der Waals surface area contributed by atoms with Crippen molar-refractivity contribution >= 4 is 27.7 Å². The number of rotatable bonds is 6. The number of aromatic nitrogens is 2. The fraction of sp³-hybridized carbons (Fsp3) is 0.176. The average Bonchev–Trinajstić information content (AvgIpc) is 3.01. The third kappa shape index (κ3) is 4.58. The molecule has 0 radical (unpaired) electrons. The van der Waals surface area contributed by atoms with Gasteiger partial charge in [0.25, 0.3) is 11.1 Å². The molecule has 0 saturated carbocycles. The van der Waals surface area contributed by atoms with Gasteiger partial charge in [-0.25, -0.2) is 4.39 Å². The summed E-state index contributed by atoms with van der Waals surface area (Å²) in [4.78, 5) is 0. The highest BCUT2D eigenvalue weighted by Crippen LogP contribution is 2.27. The number of hydrogen-bond acceptors (Lipinski definition) is 5. The summed E-state index contributed by atoms with van der Waals surface area (Å²) in [5.74, 6) is 1.49. The van der Waals surface area contributed by atoms with Crippen LogP contribution in [0.25, 0.3) is 0 Å². The Morgan fingerprint density at radius 3 is 2.71 bits per heavy atom. The molecule has 0 atom stereocenters. The molecule has 24 heavy (non-hydrogen) atoms. The maximum Gasteiger partial charge on any atom is 0.277 e. The van der Waals surface area contributed by atoms with E-state index >= 15 is 0 Å². The van der Waals surface area contributed by atoms with Gasteiger partial charge < -0.3 is 9.15 Å². The minimum Gasteiger partial charge on any atom is -0.484 e. The summed E-state index contributed by atoms with van der Waals surface area (Å²) < 4.78 is 24.9. The van der Waals surface area contributed by atoms with Gasteiger partial charge in [0.2, 0.25) is 0 Å². The second kappa shape index (κ2) is 7.81. The minimum atomic E-state index is -0.274. The van der Waals surface area contributed by atoms with Crippen molar-refractivity contribution in [1.29, 1.82) is 0 Å². The van der Waals surface area contributed by atoms with Gasteiger partial charge in [0.15, 0.2) is 6.61 Å². The lowest BCUT2D eigenvalue weighted by Crippen LogP contribution is -1.95. The first-order valence-electron chi connectivity index (χ1n) is 7.19. The van der Waals surface area contributed by atoms with Gasteiger partial charge in [-0.05, 0) is 36.8 Å². The second-order valence-corrected chi connectivity index (χ2v) is 6.87. The van der Waals surface area contributed by atoms with Crippen LogP contribution in [0.4, 0.5) is 4.39 Å². The number of benzene rings is 2. The zero-order valence-electron chi connectivity index (χ0n) is 12.8. The molecular formula is C17H14BrFN2O2S. The van der Waals surface area contributed by atoms with Gasteiger partial charge in [-0.2, -0.15) is 0 Å². The molecule has 4 nitrogen and oxygen atoms in total. The average molecular weight is 409 g/mol. The predicted octanol–water partition coefficient (Wildman–Crippen LogP) is 5.15. The summed E-state index contributed by atoms with van der Waals surface area (Å²) in [6, 6.07) is 12.3. The predicted molar refractivity (Wildman–Crippen MR) is 93.5 cm³/mol. The van der Waals surface area contributed by atoms with Crippen LogP contribution in [-0.2, 0) is 12.4 Å². The number of aryl methyl sites for hydroxylation is 1. The maximum atomic E-state index is 13.1. The van der Waals surface area contributed by atoms with Crippen molar-refractivity contribution in [2.24, 2.45) is 0 Å². The molecule has 0 unspecified atom stereocenters. The summed E-state index contributed by atoms with van der Waals surface area (Å²) in [6.45, 7) is 2.24. The molecule has 1 aromatic heterocycles. The Bertz CT molecular complexity index is 824. The van der Waals surface area contributed by atoms with Crippen LogP contribution >= 0.6 is 27.7 Å². The van der Waals surface area contributed by atoms with Gasteiger partial charge in [0.1, 0.15) is 11.6 Å². The molecule has 0 bridgehead atoms. The van der Waals surface area contributed by atoms with Crippen LogP contribution in [0.1, 0.15) is 17.0 Å². The molecule has 2 aromatic carbocycles. The van der Waals surface area contributed by atoms with E-state index in [0.29, 0.717) is 16.9 Å².